The highest BCUT2D eigenvalue weighted by Crippen LogP contribution is 2.32. The largest absolute Gasteiger partial charge is 0.381 e. The first-order valence-corrected chi connectivity index (χ1v) is 9.32. The highest BCUT2D eigenvalue weighted by molar-refractivity contribution is 5.81. The summed E-state index contributed by atoms with van der Waals surface area (Å²) >= 11 is 0. The van der Waals surface area contributed by atoms with Crippen molar-refractivity contribution in [2.75, 3.05) is 13.2 Å². The van der Waals surface area contributed by atoms with Crippen molar-refractivity contribution in [3.8, 4) is 11.1 Å². The minimum atomic E-state index is 0.178. The van der Waals surface area contributed by atoms with E-state index < -0.39 is 0 Å². The normalized spacial score (nSPS) is 24.2. The Labute approximate surface area is 149 Å². The minimum absolute atomic E-state index is 0.178. The zero-order valence-electron chi connectivity index (χ0n) is 14.5. The standard InChI is InChI=1S/C22H25NO2/c24-22-21(19-10-12-25-13-11-19)15-20(23-22)14-16-6-8-18(9-7-16)17-4-2-1-3-5-17/h1-9,19-21H,10-15H2,(H,23,24). The molecule has 3 nitrogen and oxygen atoms in total. The summed E-state index contributed by atoms with van der Waals surface area (Å²) in [6.45, 7) is 1.61. The summed E-state index contributed by atoms with van der Waals surface area (Å²) in [7, 11) is 0. The first-order valence-electron chi connectivity index (χ1n) is 9.32. The summed E-state index contributed by atoms with van der Waals surface area (Å²) in [5.41, 5.74) is 3.76. The molecular formula is C22H25NO2. The van der Waals surface area contributed by atoms with Gasteiger partial charge in [0.1, 0.15) is 0 Å². The second kappa shape index (κ2) is 7.40. The van der Waals surface area contributed by atoms with E-state index in [1.165, 1.54) is 16.7 Å². The van der Waals surface area contributed by atoms with Crippen molar-refractivity contribution < 1.29 is 9.53 Å². The zero-order valence-corrected chi connectivity index (χ0v) is 14.5. The molecule has 2 atom stereocenters. The fraction of sp³-hybridized carbons (Fsp3) is 0.409. The van der Waals surface area contributed by atoms with Crippen LogP contribution in [0.5, 0.6) is 0 Å². The van der Waals surface area contributed by atoms with Crippen LogP contribution in [-0.4, -0.2) is 25.2 Å². The summed E-state index contributed by atoms with van der Waals surface area (Å²) in [5.74, 6) is 0.925. The molecule has 0 spiro atoms. The third kappa shape index (κ3) is 3.77. The molecule has 2 heterocycles. The van der Waals surface area contributed by atoms with E-state index in [0.717, 1.165) is 38.9 Å². The molecular weight excluding hydrogens is 310 g/mol. The van der Waals surface area contributed by atoms with Crippen LogP contribution in [-0.2, 0) is 16.0 Å². The predicted octanol–water partition coefficient (Wildman–Crippen LogP) is 3.83. The number of amides is 1. The number of carbonyl (C=O) groups excluding carboxylic acids is 1. The Morgan fingerprint density at radius 3 is 2.32 bits per heavy atom. The Morgan fingerprint density at radius 1 is 0.920 bits per heavy atom. The summed E-state index contributed by atoms with van der Waals surface area (Å²) in [6.07, 6.45) is 3.93. The van der Waals surface area contributed by atoms with Crippen molar-refractivity contribution in [1.29, 1.82) is 0 Å². The van der Waals surface area contributed by atoms with E-state index in [1.807, 2.05) is 6.07 Å². The molecule has 1 amide bonds. The summed E-state index contributed by atoms with van der Waals surface area (Å²) in [6, 6.07) is 19.4. The Kier molecular flexibility index (Phi) is 4.84. The summed E-state index contributed by atoms with van der Waals surface area (Å²) < 4.78 is 5.43. The van der Waals surface area contributed by atoms with Crippen LogP contribution in [0.1, 0.15) is 24.8 Å². The van der Waals surface area contributed by atoms with Gasteiger partial charge in [0.05, 0.1) is 0 Å². The van der Waals surface area contributed by atoms with Crippen LogP contribution in [0.4, 0.5) is 0 Å². The number of hydrogen-bond acceptors (Lipinski definition) is 2. The Hall–Kier alpha value is -2.13. The molecule has 130 valence electrons. The smallest absolute Gasteiger partial charge is 0.223 e. The van der Waals surface area contributed by atoms with Gasteiger partial charge in [-0.1, -0.05) is 54.6 Å². The predicted molar refractivity (Wildman–Crippen MR) is 99.2 cm³/mol. The van der Waals surface area contributed by atoms with Crippen LogP contribution in [0.2, 0.25) is 0 Å². The van der Waals surface area contributed by atoms with Gasteiger partial charge < -0.3 is 10.1 Å². The van der Waals surface area contributed by atoms with E-state index in [4.69, 9.17) is 4.74 Å². The fourth-order valence-electron chi connectivity index (χ4n) is 4.19. The van der Waals surface area contributed by atoms with E-state index in [-0.39, 0.29) is 17.9 Å². The Bertz CT molecular complexity index is 705. The molecule has 0 aliphatic carbocycles. The molecule has 2 unspecified atom stereocenters. The lowest BCUT2D eigenvalue weighted by atomic mass is 9.83. The second-order valence-corrected chi connectivity index (χ2v) is 7.26. The van der Waals surface area contributed by atoms with Crippen LogP contribution in [0.25, 0.3) is 11.1 Å². The second-order valence-electron chi connectivity index (χ2n) is 7.26. The lowest BCUT2D eigenvalue weighted by Gasteiger charge is -2.25. The van der Waals surface area contributed by atoms with Gasteiger partial charge in [0.15, 0.2) is 0 Å². The lowest BCUT2D eigenvalue weighted by molar-refractivity contribution is -0.125. The van der Waals surface area contributed by atoms with Crippen molar-refractivity contribution >= 4 is 5.91 Å². The van der Waals surface area contributed by atoms with Crippen LogP contribution < -0.4 is 5.32 Å². The Morgan fingerprint density at radius 2 is 1.60 bits per heavy atom. The average molecular weight is 335 g/mol. The van der Waals surface area contributed by atoms with Gasteiger partial charge in [-0.05, 0) is 48.3 Å². The minimum Gasteiger partial charge on any atom is -0.381 e. The zero-order chi connectivity index (χ0) is 17.1. The molecule has 2 saturated heterocycles. The SMILES string of the molecule is O=C1NC(Cc2ccc(-c3ccccc3)cc2)CC1C1CCOCC1. The van der Waals surface area contributed by atoms with Crippen molar-refractivity contribution in [2.24, 2.45) is 11.8 Å². The van der Waals surface area contributed by atoms with Crippen molar-refractivity contribution in [1.82, 2.24) is 5.32 Å². The van der Waals surface area contributed by atoms with Gasteiger partial charge in [-0.15, -0.1) is 0 Å². The molecule has 0 bridgehead atoms. The summed E-state index contributed by atoms with van der Waals surface area (Å²) in [5, 5.41) is 3.22. The van der Waals surface area contributed by atoms with Gasteiger partial charge in [-0.3, -0.25) is 4.79 Å². The summed E-state index contributed by atoms with van der Waals surface area (Å²) in [4.78, 5) is 12.4. The number of rotatable bonds is 4. The van der Waals surface area contributed by atoms with Gasteiger partial charge in [0.2, 0.25) is 5.91 Å². The number of carbonyl (C=O) groups is 1. The number of ether oxygens (including phenoxy) is 1. The van der Waals surface area contributed by atoms with E-state index in [0.29, 0.717) is 5.92 Å². The van der Waals surface area contributed by atoms with Crippen molar-refractivity contribution in [3.05, 3.63) is 60.2 Å². The fourth-order valence-corrected chi connectivity index (χ4v) is 4.19. The topological polar surface area (TPSA) is 38.3 Å². The molecule has 4 rings (SSSR count). The van der Waals surface area contributed by atoms with E-state index in [2.05, 4.69) is 53.8 Å². The number of hydrogen-bond donors (Lipinski definition) is 1. The molecule has 2 fully saturated rings. The van der Waals surface area contributed by atoms with Crippen molar-refractivity contribution in [2.45, 2.75) is 31.7 Å². The molecule has 0 aromatic heterocycles. The number of benzene rings is 2. The third-order valence-electron chi connectivity index (χ3n) is 5.60. The van der Waals surface area contributed by atoms with Gasteiger partial charge in [0, 0.05) is 25.2 Å². The molecule has 2 aromatic rings. The maximum atomic E-state index is 12.4. The van der Waals surface area contributed by atoms with Gasteiger partial charge in [-0.25, -0.2) is 0 Å². The molecule has 2 aliphatic rings. The average Bonchev–Trinajstić information content (AvgIpc) is 3.04. The molecule has 0 saturated carbocycles. The van der Waals surface area contributed by atoms with E-state index in [9.17, 15) is 4.79 Å². The lowest BCUT2D eigenvalue weighted by Crippen LogP contribution is -2.31. The van der Waals surface area contributed by atoms with Crippen LogP contribution in [0.15, 0.2) is 54.6 Å². The maximum absolute atomic E-state index is 12.4. The van der Waals surface area contributed by atoms with Crippen LogP contribution in [0, 0.1) is 11.8 Å². The highest BCUT2D eigenvalue weighted by Gasteiger charge is 2.37. The molecule has 2 aromatic carbocycles. The first-order chi connectivity index (χ1) is 12.3. The van der Waals surface area contributed by atoms with Crippen LogP contribution in [0.3, 0.4) is 0 Å². The van der Waals surface area contributed by atoms with Gasteiger partial charge >= 0.3 is 0 Å². The highest BCUT2D eigenvalue weighted by atomic mass is 16.5. The molecule has 2 aliphatic heterocycles. The Balaban J connectivity index is 1.38. The molecule has 0 radical (unpaired) electrons. The molecule has 1 N–H and O–H groups in total. The first kappa shape index (κ1) is 16.3. The maximum Gasteiger partial charge on any atom is 0.223 e. The monoisotopic (exact) mass is 335 g/mol. The van der Waals surface area contributed by atoms with Gasteiger partial charge in [-0.2, -0.15) is 0 Å². The quantitative estimate of drug-likeness (QED) is 0.922. The van der Waals surface area contributed by atoms with E-state index in [1.54, 1.807) is 0 Å². The third-order valence-corrected chi connectivity index (χ3v) is 5.60. The molecule has 3 heteroatoms. The van der Waals surface area contributed by atoms with Gasteiger partial charge in [0.25, 0.3) is 0 Å². The van der Waals surface area contributed by atoms with Crippen LogP contribution >= 0.6 is 0 Å². The van der Waals surface area contributed by atoms with Crippen molar-refractivity contribution in [3.63, 3.8) is 0 Å². The number of nitrogens with one attached hydrogen (secondary N) is 1. The van der Waals surface area contributed by atoms with E-state index >= 15 is 0 Å². The molecule has 25 heavy (non-hydrogen) atoms.